The van der Waals surface area contributed by atoms with Crippen LogP contribution in [0.15, 0.2) is 0 Å². The molecule has 0 amide bonds. The third-order valence-corrected chi connectivity index (χ3v) is 5.22. The summed E-state index contributed by atoms with van der Waals surface area (Å²) in [7, 11) is 0. The van der Waals surface area contributed by atoms with E-state index in [1.54, 1.807) is 0 Å². The Bertz CT molecular complexity index is 208. The smallest absolute Gasteiger partial charge is 0.000769 e. The van der Waals surface area contributed by atoms with Crippen molar-refractivity contribution in [3.05, 3.63) is 0 Å². The van der Waals surface area contributed by atoms with E-state index >= 15 is 0 Å². The standard InChI is InChI=1S/C19H39N/c1-3-5-6-7-8-9-10-11-12-13-15-19(16-14-17-19)18-20-4-2/h20H,3-18H2,1-2H3. The molecule has 0 atom stereocenters. The van der Waals surface area contributed by atoms with Gasteiger partial charge in [0.25, 0.3) is 0 Å². The first kappa shape index (κ1) is 18.0. The summed E-state index contributed by atoms with van der Waals surface area (Å²) in [5.74, 6) is 0. The topological polar surface area (TPSA) is 12.0 Å². The molecule has 0 bridgehead atoms. The van der Waals surface area contributed by atoms with Crippen LogP contribution in [0.5, 0.6) is 0 Å². The third-order valence-electron chi connectivity index (χ3n) is 5.22. The summed E-state index contributed by atoms with van der Waals surface area (Å²) < 4.78 is 0. The lowest BCUT2D eigenvalue weighted by atomic mass is 9.66. The zero-order valence-corrected chi connectivity index (χ0v) is 14.3. The van der Waals surface area contributed by atoms with Gasteiger partial charge >= 0.3 is 0 Å². The molecule has 1 N–H and O–H groups in total. The van der Waals surface area contributed by atoms with Gasteiger partial charge in [0.15, 0.2) is 0 Å². The maximum absolute atomic E-state index is 3.58. The molecule has 0 heterocycles. The number of rotatable bonds is 14. The van der Waals surface area contributed by atoms with Gasteiger partial charge in [0.05, 0.1) is 0 Å². The first-order chi connectivity index (χ1) is 9.83. The van der Waals surface area contributed by atoms with E-state index in [9.17, 15) is 0 Å². The Morgan fingerprint density at radius 3 is 1.75 bits per heavy atom. The normalized spacial score (nSPS) is 17.1. The first-order valence-corrected chi connectivity index (χ1v) is 9.54. The lowest BCUT2D eigenvalue weighted by Gasteiger charge is -2.42. The molecule has 1 fully saturated rings. The average molecular weight is 282 g/mol. The summed E-state index contributed by atoms with van der Waals surface area (Å²) in [5.41, 5.74) is 0.705. The average Bonchev–Trinajstić information content (AvgIpc) is 2.42. The van der Waals surface area contributed by atoms with Crippen LogP contribution in [0.2, 0.25) is 0 Å². The van der Waals surface area contributed by atoms with E-state index in [0.29, 0.717) is 5.41 Å². The van der Waals surface area contributed by atoms with E-state index in [0.717, 1.165) is 6.54 Å². The molecular weight excluding hydrogens is 242 g/mol. The molecule has 20 heavy (non-hydrogen) atoms. The first-order valence-electron chi connectivity index (χ1n) is 9.54. The molecule has 1 aliphatic carbocycles. The summed E-state index contributed by atoms with van der Waals surface area (Å²) >= 11 is 0. The van der Waals surface area contributed by atoms with Crippen molar-refractivity contribution in [2.45, 2.75) is 104 Å². The van der Waals surface area contributed by atoms with E-state index in [1.807, 2.05) is 0 Å². The number of hydrogen-bond donors (Lipinski definition) is 1. The van der Waals surface area contributed by atoms with Crippen molar-refractivity contribution in [2.75, 3.05) is 13.1 Å². The van der Waals surface area contributed by atoms with Crippen molar-refractivity contribution >= 4 is 0 Å². The molecule has 0 spiro atoms. The van der Waals surface area contributed by atoms with Crippen LogP contribution in [0, 0.1) is 5.41 Å². The molecule has 0 aromatic rings. The molecule has 1 rings (SSSR count). The maximum atomic E-state index is 3.58. The van der Waals surface area contributed by atoms with Crippen LogP contribution >= 0.6 is 0 Å². The molecule has 120 valence electrons. The summed E-state index contributed by atoms with van der Waals surface area (Å²) in [6.07, 6.45) is 20.5. The maximum Gasteiger partial charge on any atom is 0.000769 e. The lowest BCUT2D eigenvalue weighted by Crippen LogP contribution is -2.39. The molecule has 0 aromatic heterocycles. The quantitative estimate of drug-likeness (QED) is 0.381. The Labute approximate surface area is 128 Å². The van der Waals surface area contributed by atoms with E-state index in [1.165, 1.54) is 96.4 Å². The highest BCUT2D eigenvalue weighted by molar-refractivity contribution is 4.89. The van der Waals surface area contributed by atoms with E-state index in [4.69, 9.17) is 0 Å². The predicted octanol–water partition coefficient (Wildman–Crippen LogP) is 6.08. The Hall–Kier alpha value is -0.0400. The van der Waals surface area contributed by atoms with E-state index in [-0.39, 0.29) is 0 Å². The fraction of sp³-hybridized carbons (Fsp3) is 1.00. The second-order valence-electron chi connectivity index (χ2n) is 7.07. The zero-order valence-electron chi connectivity index (χ0n) is 14.3. The highest BCUT2D eigenvalue weighted by Crippen LogP contribution is 2.44. The Morgan fingerprint density at radius 1 is 0.750 bits per heavy atom. The minimum atomic E-state index is 0.705. The van der Waals surface area contributed by atoms with Crippen LogP contribution in [0.25, 0.3) is 0 Å². The van der Waals surface area contributed by atoms with Crippen molar-refractivity contribution in [1.82, 2.24) is 5.32 Å². The minimum Gasteiger partial charge on any atom is -0.316 e. The monoisotopic (exact) mass is 281 g/mol. The summed E-state index contributed by atoms with van der Waals surface area (Å²) in [4.78, 5) is 0. The van der Waals surface area contributed by atoms with Crippen molar-refractivity contribution in [3.8, 4) is 0 Å². The largest absolute Gasteiger partial charge is 0.316 e. The third kappa shape index (κ3) is 7.67. The highest BCUT2D eigenvalue weighted by atomic mass is 14.9. The van der Waals surface area contributed by atoms with Crippen LogP contribution in [0.4, 0.5) is 0 Å². The van der Waals surface area contributed by atoms with Gasteiger partial charge in [0.1, 0.15) is 0 Å². The van der Waals surface area contributed by atoms with Gasteiger partial charge in [-0.2, -0.15) is 0 Å². The van der Waals surface area contributed by atoms with Gasteiger partial charge < -0.3 is 5.32 Å². The number of hydrogen-bond acceptors (Lipinski definition) is 1. The Kier molecular flexibility index (Phi) is 10.4. The lowest BCUT2D eigenvalue weighted by molar-refractivity contribution is 0.113. The summed E-state index contributed by atoms with van der Waals surface area (Å²) in [5, 5.41) is 3.58. The predicted molar refractivity (Wildman–Crippen MR) is 91.3 cm³/mol. The van der Waals surface area contributed by atoms with E-state index in [2.05, 4.69) is 19.2 Å². The van der Waals surface area contributed by atoms with Gasteiger partial charge in [-0.25, -0.2) is 0 Å². The van der Waals surface area contributed by atoms with Gasteiger partial charge in [-0.15, -0.1) is 0 Å². The molecule has 0 unspecified atom stereocenters. The molecule has 1 aliphatic rings. The molecule has 0 aromatic carbocycles. The fourth-order valence-corrected chi connectivity index (χ4v) is 3.57. The van der Waals surface area contributed by atoms with Crippen molar-refractivity contribution in [2.24, 2.45) is 5.41 Å². The van der Waals surface area contributed by atoms with Crippen LogP contribution in [0.3, 0.4) is 0 Å². The van der Waals surface area contributed by atoms with Crippen LogP contribution in [-0.2, 0) is 0 Å². The SMILES string of the molecule is CCCCCCCCCCCCC1(CNCC)CCC1. The van der Waals surface area contributed by atoms with Crippen molar-refractivity contribution < 1.29 is 0 Å². The number of nitrogens with one attached hydrogen (secondary N) is 1. The molecule has 0 saturated heterocycles. The van der Waals surface area contributed by atoms with Gasteiger partial charge in [-0.05, 0) is 31.2 Å². The van der Waals surface area contributed by atoms with E-state index < -0.39 is 0 Å². The zero-order chi connectivity index (χ0) is 14.5. The van der Waals surface area contributed by atoms with Crippen molar-refractivity contribution in [3.63, 3.8) is 0 Å². The van der Waals surface area contributed by atoms with Gasteiger partial charge in [-0.3, -0.25) is 0 Å². The van der Waals surface area contributed by atoms with Gasteiger partial charge in [0, 0.05) is 6.54 Å². The number of unbranched alkanes of at least 4 members (excludes halogenated alkanes) is 9. The fourth-order valence-electron chi connectivity index (χ4n) is 3.57. The molecular formula is C19H39N. The van der Waals surface area contributed by atoms with Gasteiger partial charge in [-0.1, -0.05) is 84.5 Å². The molecule has 1 nitrogen and oxygen atoms in total. The summed E-state index contributed by atoms with van der Waals surface area (Å²) in [6, 6.07) is 0. The second kappa shape index (κ2) is 11.6. The minimum absolute atomic E-state index is 0.705. The highest BCUT2D eigenvalue weighted by Gasteiger charge is 2.35. The van der Waals surface area contributed by atoms with Crippen LogP contribution in [-0.4, -0.2) is 13.1 Å². The van der Waals surface area contributed by atoms with Gasteiger partial charge in [0.2, 0.25) is 0 Å². The van der Waals surface area contributed by atoms with Crippen LogP contribution < -0.4 is 5.32 Å². The second-order valence-corrected chi connectivity index (χ2v) is 7.07. The Morgan fingerprint density at radius 2 is 1.30 bits per heavy atom. The molecule has 0 radical (unpaired) electrons. The van der Waals surface area contributed by atoms with Crippen molar-refractivity contribution in [1.29, 1.82) is 0 Å². The molecule has 0 aliphatic heterocycles. The summed E-state index contributed by atoms with van der Waals surface area (Å²) in [6.45, 7) is 6.94. The Balaban J connectivity index is 1.86. The molecule has 1 heteroatoms. The van der Waals surface area contributed by atoms with Crippen LogP contribution in [0.1, 0.15) is 104 Å². The molecule has 1 saturated carbocycles.